The number of rotatable bonds is 7. The number of alkyl halides is 1. The molecule has 1 aromatic carbocycles. The molecule has 0 aromatic heterocycles. The minimum absolute atomic E-state index is 0.00579. The maximum Gasteiger partial charge on any atom is 0.117 e. The fourth-order valence-electron chi connectivity index (χ4n) is 1.56. The second kappa shape index (κ2) is 7.33. The van der Waals surface area contributed by atoms with E-state index in [0.717, 1.165) is 5.56 Å². The highest BCUT2D eigenvalue weighted by Gasteiger charge is 2.11. The zero-order valence-electron chi connectivity index (χ0n) is 9.22. The molecule has 0 aliphatic rings. The normalized spacial score (nSPS) is 13.0. The van der Waals surface area contributed by atoms with Crippen molar-refractivity contribution in [2.45, 2.75) is 12.6 Å². The maximum atomic E-state index is 12.2. The summed E-state index contributed by atoms with van der Waals surface area (Å²) < 4.78 is 12.2. The number of aliphatic hydroxyl groups is 2. The average molecular weight is 227 g/mol. The van der Waals surface area contributed by atoms with Crippen LogP contribution in [0, 0.1) is 0 Å². The summed E-state index contributed by atoms with van der Waals surface area (Å²) in [4.78, 5) is 1.83. The Morgan fingerprint density at radius 2 is 1.94 bits per heavy atom. The van der Waals surface area contributed by atoms with Gasteiger partial charge in [0, 0.05) is 19.6 Å². The third-order valence-electron chi connectivity index (χ3n) is 2.31. The average Bonchev–Trinajstić information content (AvgIpc) is 2.30. The van der Waals surface area contributed by atoms with E-state index in [4.69, 9.17) is 5.11 Å². The number of hydrogen-bond acceptors (Lipinski definition) is 3. The van der Waals surface area contributed by atoms with Crippen LogP contribution in [0.15, 0.2) is 30.3 Å². The molecule has 0 spiro atoms. The van der Waals surface area contributed by atoms with E-state index in [-0.39, 0.29) is 13.2 Å². The number of hydrogen-bond donors (Lipinski definition) is 2. The van der Waals surface area contributed by atoms with Gasteiger partial charge in [-0.15, -0.1) is 0 Å². The van der Waals surface area contributed by atoms with E-state index in [1.54, 1.807) is 0 Å². The monoisotopic (exact) mass is 227 g/mol. The highest BCUT2D eigenvalue weighted by Crippen LogP contribution is 2.05. The Balaban J connectivity index is 2.50. The third kappa shape index (κ3) is 4.70. The Bertz CT molecular complexity index is 282. The fourth-order valence-corrected chi connectivity index (χ4v) is 1.56. The van der Waals surface area contributed by atoms with Crippen molar-refractivity contribution in [3.8, 4) is 0 Å². The van der Waals surface area contributed by atoms with Crippen LogP contribution in [0.4, 0.5) is 4.39 Å². The first-order chi connectivity index (χ1) is 7.76. The summed E-state index contributed by atoms with van der Waals surface area (Å²) in [6.45, 7) is 0.541. The Hall–Kier alpha value is -0.970. The first-order valence-corrected chi connectivity index (χ1v) is 5.37. The van der Waals surface area contributed by atoms with Gasteiger partial charge in [0.2, 0.25) is 0 Å². The molecule has 0 saturated heterocycles. The van der Waals surface area contributed by atoms with Gasteiger partial charge >= 0.3 is 0 Å². The van der Waals surface area contributed by atoms with Crippen LogP contribution >= 0.6 is 0 Å². The van der Waals surface area contributed by atoms with Crippen LogP contribution in [0.1, 0.15) is 5.56 Å². The molecule has 0 bridgehead atoms. The van der Waals surface area contributed by atoms with E-state index in [2.05, 4.69) is 0 Å². The first kappa shape index (κ1) is 13.1. The van der Waals surface area contributed by atoms with Crippen molar-refractivity contribution < 1.29 is 14.6 Å². The van der Waals surface area contributed by atoms with Gasteiger partial charge in [-0.2, -0.15) is 0 Å². The van der Waals surface area contributed by atoms with E-state index in [9.17, 15) is 9.50 Å². The lowest BCUT2D eigenvalue weighted by Crippen LogP contribution is -2.35. The molecule has 1 atom stereocenters. The SMILES string of the molecule is OCCN(Cc1ccccc1)CC(O)CF. The van der Waals surface area contributed by atoms with Crippen molar-refractivity contribution in [3.05, 3.63) is 35.9 Å². The summed E-state index contributed by atoms with van der Waals surface area (Å²) in [5.74, 6) is 0. The van der Waals surface area contributed by atoms with Crippen molar-refractivity contribution in [3.63, 3.8) is 0 Å². The van der Waals surface area contributed by atoms with Gasteiger partial charge in [0.25, 0.3) is 0 Å². The molecular formula is C12H18FNO2. The van der Waals surface area contributed by atoms with Crippen molar-refractivity contribution >= 4 is 0 Å². The summed E-state index contributed by atoms with van der Waals surface area (Å²) >= 11 is 0. The summed E-state index contributed by atoms with van der Waals surface area (Å²) in [5, 5.41) is 18.1. The number of nitrogens with zero attached hydrogens (tertiary/aromatic N) is 1. The Morgan fingerprint density at radius 3 is 2.50 bits per heavy atom. The van der Waals surface area contributed by atoms with Gasteiger partial charge in [0.05, 0.1) is 12.7 Å². The van der Waals surface area contributed by atoms with Gasteiger partial charge in [-0.1, -0.05) is 30.3 Å². The molecule has 0 aliphatic carbocycles. The molecule has 0 amide bonds. The van der Waals surface area contributed by atoms with Crippen molar-refractivity contribution in [2.75, 3.05) is 26.4 Å². The Morgan fingerprint density at radius 1 is 1.25 bits per heavy atom. The number of aliphatic hydroxyl groups excluding tert-OH is 2. The summed E-state index contributed by atoms with van der Waals surface area (Å²) in [7, 11) is 0. The van der Waals surface area contributed by atoms with E-state index in [1.165, 1.54) is 0 Å². The molecule has 0 fully saturated rings. The standard InChI is InChI=1S/C12H18FNO2/c13-8-12(16)10-14(6-7-15)9-11-4-2-1-3-5-11/h1-5,12,15-16H,6-10H2. The molecule has 0 radical (unpaired) electrons. The van der Waals surface area contributed by atoms with E-state index < -0.39 is 12.8 Å². The van der Waals surface area contributed by atoms with Crippen LogP contribution in [0.3, 0.4) is 0 Å². The third-order valence-corrected chi connectivity index (χ3v) is 2.31. The van der Waals surface area contributed by atoms with Crippen molar-refractivity contribution in [1.82, 2.24) is 4.90 Å². The van der Waals surface area contributed by atoms with Gasteiger partial charge in [0.15, 0.2) is 0 Å². The van der Waals surface area contributed by atoms with Crippen LogP contribution in [0.5, 0.6) is 0 Å². The molecule has 0 heterocycles. The summed E-state index contributed by atoms with van der Waals surface area (Å²) in [6, 6.07) is 9.71. The van der Waals surface area contributed by atoms with Gasteiger partial charge in [-0.25, -0.2) is 4.39 Å². The molecule has 1 rings (SSSR count). The zero-order valence-corrected chi connectivity index (χ0v) is 9.22. The van der Waals surface area contributed by atoms with Gasteiger partial charge in [-0.05, 0) is 5.56 Å². The van der Waals surface area contributed by atoms with Crippen LogP contribution in [-0.4, -0.2) is 47.6 Å². The summed E-state index contributed by atoms with van der Waals surface area (Å²) in [5.41, 5.74) is 1.09. The van der Waals surface area contributed by atoms with Crippen LogP contribution in [0.25, 0.3) is 0 Å². The van der Waals surface area contributed by atoms with Crippen LogP contribution < -0.4 is 0 Å². The molecule has 3 nitrogen and oxygen atoms in total. The Kier molecular flexibility index (Phi) is 6.00. The largest absolute Gasteiger partial charge is 0.395 e. The van der Waals surface area contributed by atoms with Gasteiger partial charge in [0.1, 0.15) is 6.67 Å². The number of halogens is 1. The predicted molar refractivity (Wildman–Crippen MR) is 60.8 cm³/mol. The van der Waals surface area contributed by atoms with Crippen LogP contribution in [-0.2, 0) is 6.54 Å². The second-order valence-corrected chi connectivity index (χ2v) is 3.75. The van der Waals surface area contributed by atoms with Crippen molar-refractivity contribution in [2.24, 2.45) is 0 Å². The Labute approximate surface area is 95.1 Å². The fraction of sp³-hybridized carbons (Fsp3) is 0.500. The van der Waals surface area contributed by atoms with Crippen molar-refractivity contribution in [1.29, 1.82) is 0 Å². The molecule has 0 saturated carbocycles. The van der Waals surface area contributed by atoms with E-state index in [1.807, 2.05) is 35.2 Å². The lowest BCUT2D eigenvalue weighted by molar-refractivity contribution is 0.0772. The molecule has 4 heteroatoms. The quantitative estimate of drug-likeness (QED) is 0.724. The number of benzene rings is 1. The molecule has 1 aromatic rings. The highest BCUT2D eigenvalue weighted by atomic mass is 19.1. The molecule has 1 unspecified atom stereocenters. The summed E-state index contributed by atoms with van der Waals surface area (Å²) in [6.07, 6.45) is -0.977. The minimum Gasteiger partial charge on any atom is -0.395 e. The van der Waals surface area contributed by atoms with Crippen LogP contribution in [0.2, 0.25) is 0 Å². The smallest absolute Gasteiger partial charge is 0.117 e. The zero-order chi connectivity index (χ0) is 11.8. The predicted octanol–water partition coefficient (Wildman–Crippen LogP) is 0.811. The van der Waals surface area contributed by atoms with E-state index in [0.29, 0.717) is 13.1 Å². The van der Waals surface area contributed by atoms with Gasteiger partial charge < -0.3 is 10.2 Å². The van der Waals surface area contributed by atoms with E-state index >= 15 is 0 Å². The topological polar surface area (TPSA) is 43.7 Å². The first-order valence-electron chi connectivity index (χ1n) is 5.37. The lowest BCUT2D eigenvalue weighted by atomic mass is 10.2. The maximum absolute atomic E-state index is 12.2. The second-order valence-electron chi connectivity index (χ2n) is 3.75. The molecule has 2 N–H and O–H groups in total. The molecular weight excluding hydrogens is 209 g/mol. The molecule has 0 aliphatic heterocycles. The molecule has 16 heavy (non-hydrogen) atoms. The van der Waals surface area contributed by atoms with Gasteiger partial charge in [-0.3, -0.25) is 4.90 Å². The minimum atomic E-state index is -0.977. The lowest BCUT2D eigenvalue weighted by Gasteiger charge is -2.23. The molecule has 90 valence electrons. The highest BCUT2D eigenvalue weighted by molar-refractivity contribution is 5.14.